The summed E-state index contributed by atoms with van der Waals surface area (Å²) in [6, 6.07) is 17.4. The number of para-hydroxylation sites is 1. The Morgan fingerprint density at radius 2 is 1.76 bits per heavy atom. The molecule has 0 heterocycles. The minimum Gasteiger partial charge on any atom is -0.325 e. The van der Waals surface area contributed by atoms with Crippen LogP contribution in [0.5, 0.6) is 0 Å². The van der Waals surface area contributed by atoms with Gasteiger partial charge in [0.25, 0.3) is 0 Å². The van der Waals surface area contributed by atoms with Crippen LogP contribution in [-0.4, -0.2) is 25.8 Å². The Labute approximate surface area is 152 Å². The smallest absolute Gasteiger partial charge is 0.225 e. The van der Waals surface area contributed by atoms with Gasteiger partial charge in [-0.15, -0.1) is 11.8 Å². The van der Waals surface area contributed by atoms with Gasteiger partial charge in [-0.2, -0.15) is 5.26 Å². The van der Waals surface area contributed by atoms with Crippen LogP contribution in [0.2, 0.25) is 0 Å². The number of anilines is 1. The molecular formula is C18H18N2O3S2. The average Bonchev–Trinajstić information content (AvgIpc) is 2.62. The van der Waals surface area contributed by atoms with E-state index in [0.29, 0.717) is 17.9 Å². The number of hydrogen-bond donors (Lipinski definition) is 1. The summed E-state index contributed by atoms with van der Waals surface area (Å²) in [4.78, 5) is 13.2. The van der Waals surface area contributed by atoms with Crippen molar-refractivity contribution < 1.29 is 13.2 Å². The molecule has 130 valence electrons. The van der Waals surface area contributed by atoms with Gasteiger partial charge < -0.3 is 5.32 Å². The minimum atomic E-state index is -3.48. The van der Waals surface area contributed by atoms with E-state index in [9.17, 15) is 13.2 Å². The zero-order valence-electron chi connectivity index (χ0n) is 13.5. The number of nitrogens with zero attached hydrogens (tertiary/aromatic N) is 1. The Hall–Kier alpha value is -2.30. The second-order valence-electron chi connectivity index (χ2n) is 5.18. The van der Waals surface area contributed by atoms with Crippen LogP contribution >= 0.6 is 11.8 Å². The molecule has 2 aromatic carbocycles. The molecule has 0 bridgehead atoms. The Morgan fingerprint density at radius 3 is 2.48 bits per heavy atom. The van der Waals surface area contributed by atoms with Crippen LogP contribution in [0.1, 0.15) is 12.8 Å². The molecule has 25 heavy (non-hydrogen) atoms. The van der Waals surface area contributed by atoms with E-state index in [1.807, 2.05) is 12.1 Å². The number of amides is 1. The fraction of sp³-hybridized carbons (Fsp3) is 0.222. The summed E-state index contributed by atoms with van der Waals surface area (Å²) in [5.41, 5.74) is 0.632. The highest BCUT2D eigenvalue weighted by molar-refractivity contribution is 7.99. The van der Waals surface area contributed by atoms with Crippen LogP contribution in [0.15, 0.2) is 64.4 Å². The van der Waals surface area contributed by atoms with Crippen molar-refractivity contribution in [1.82, 2.24) is 0 Å². The van der Waals surface area contributed by atoms with Crippen LogP contribution in [0.25, 0.3) is 0 Å². The molecule has 1 N–H and O–H groups in total. The highest BCUT2D eigenvalue weighted by Crippen LogP contribution is 2.27. The summed E-state index contributed by atoms with van der Waals surface area (Å²) in [6.07, 6.45) is 0.302. The second kappa shape index (κ2) is 9.25. The number of nitriles is 1. The fourth-order valence-corrected chi connectivity index (χ4v) is 4.21. The maximum Gasteiger partial charge on any atom is 0.225 e. The third kappa shape index (κ3) is 5.93. The van der Waals surface area contributed by atoms with Crippen LogP contribution in [-0.2, 0) is 14.6 Å². The Balaban J connectivity index is 1.96. The van der Waals surface area contributed by atoms with Gasteiger partial charge in [0, 0.05) is 23.5 Å². The lowest BCUT2D eigenvalue weighted by Gasteiger charge is -2.10. The zero-order chi connectivity index (χ0) is 18.1. The molecule has 0 fully saturated rings. The van der Waals surface area contributed by atoms with E-state index in [1.54, 1.807) is 30.3 Å². The van der Waals surface area contributed by atoms with Crippen molar-refractivity contribution in [2.24, 2.45) is 0 Å². The van der Waals surface area contributed by atoms with E-state index in [4.69, 9.17) is 5.26 Å². The van der Waals surface area contributed by atoms with E-state index in [0.717, 1.165) is 4.90 Å². The molecule has 0 aliphatic heterocycles. The lowest BCUT2D eigenvalue weighted by atomic mass is 10.3. The van der Waals surface area contributed by atoms with Crippen molar-refractivity contribution in [2.45, 2.75) is 22.6 Å². The maximum absolute atomic E-state index is 12.2. The fourth-order valence-electron chi connectivity index (χ4n) is 2.09. The monoisotopic (exact) mass is 374 g/mol. The first-order valence-corrected chi connectivity index (χ1v) is 10.3. The number of sulfone groups is 1. The van der Waals surface area contributed by atoms with Crippen molar-refractivity contribution in [3.05, 3.63) is 54.6 Å². The van der Waals surface area contributed by atoms with Crippen molar-refractivity contribution in [2.75, 3.05) is 16.8 Å². The predicted molar refractivity (Wildman–Crippen MR) is 99.1 cm³/mol. The SMILES string of the molecule is N#CCCSc1ccccc1NC(=O)CCS(=O)(=O)c1ccccc1. The summed E-state index contributed by atoms with van der Waals surface area (Å²) in [7, 11) is -3.48. The molecule has 0 saturated carbocycles. The van der Waals surface area contributed by atoms with Crippen molar-refractivity contribution in [3.63, 3.8) is 0 Å². The number of carbonyl (C=O) groups excluding carboxylic acids is 1. The summed E-state index contributed by atoms with van der Waals surface area (Å²) in [5.74, 6) is 0.0334. The minimum absolute atomic E-state index is 0.117. The number of thioether (sulfide) groups is 1. The second-order valence-corrected chi connectivity index (χ2v) is 8.43. The Kier molecular flexibility index (Phi) is 7.04. The first kappa shape index (κ1) is 19.0. The molecule has 0 spiro atoms. The first-order chi connectivity index (χ1) is 12.0. The zero-order valence-corrected chi connectivity index (χ0v) is 15.1. The molecule has 0 radical (unpaired) electrons. The van der Waals surface area contributed by atoms with Gasteiger partial charge in [0.1, 0.15) is 0 Å². The molecule has 0 atom stereocenters. The van der Waals surface area contributed by atoms with Gasteiger partial charge in [-0.3, -0.25) is 4.79 Å². The normalized spacial score (nSPS) is 10.8. The number of hydrogen-bond acceptors (Lipinski definition) is 5. The van der Waals surface area contributed by atoms with Crippen LogP contribution in [0.3, 0.4) is 0 Å². The summed E-state index contributed by atoms with van der Waals surface area (Å²) >= 11 is 1.48. The number of benzene rings is 2. The van der Waals surface area contributed by atoms with Crippen LogP contribution < -0.4 is 5.32 Å². The van der Waals surface area contributed by atoms with Gasteiger partial charge in [-0.25, -0.2) is 8.42 Å². The van der Waals surface area contributed by atoms with E-state index in [1.165, 1.54) is 23.9 Å². The van der Waals surface area contributed by atoms with E-state index >= 15 is 0 Å². The molecule has 1 amide bonds. The van der Waals surface area contributed by atoms with E-state index < -0.39 is 9.84 Å². The van der Waals surface area contributed by atoms with Gasteiger partial charge in [-0.05, 0) is 24.3 Å². The van der Waals surface area contributed by atoms with Crippen LogP contribution in [0.4, 0.5) is 5.69 Å². The number of nitrogens with one attached hydrogen (secondary N) is 1. The van der Waals surface area contributed by atoms with Gasteiger partial charge >= 0.3 is 0 Å². The van der Waals surface area contributed by atoms with Crippen molar-refractivity contribution >= 4 is 33.2 Å². The number of rotatable bonds is 8. The molecule has 2 rings (SSSR count). The standard InChI is InChI=1S/C18H18N2O3S2/c19-12-6-13-24-17-10-5-4-9-16(17)20-18(21)11-14-25(22,23)15-7-2-1-3-8-15/h1-5,7-10H,6,11,13-14H2,(H,20,21). The quantitative estimate of drug-likeness (QED) is 0.564. The highest BCUT2D eigenvalue weighted by Gasteiger charge is 2.16. The molecule has 0 saturated heterocycles. The van der Waals surface area contributed by atoms with Gasteiger partial charge in [-0.1, -0.05) is 30.3 Å². The Morgan fingerprint density at radius 1 is 1.08 bits per heavy atom. The Bertz CT molecular complexity index is 859. The molecule has 0 aromatic heterocycles. The summed E-state index contributed by atoms with van der Waals surface area (Å²) in [5, 5.41) is 11.4. The van der Waals surface area contributed by atoms with Crippen LogP contribution in [0, 0.1) is 11.3 Å². The predicted octanol–water partition coefficient (Wildman–Crippen LogP) is 3.49. The summed E-state index contributed by atoms with van der Waals surface area (Å²) < 4.78 is 24.4. The highest BCUT2D eigenvalue weighted by atomic mass is 32.2. The molecule has 5 nitrogen and oxygen atoms in total. The third-order valence-electron chi connectivity index (χ3n) is 3.33. The van der Waals surface area contributed by atoms with Crippen molar-refractivity contribution in [1.29, 1.82) is 5.26 Å². The largest absolute Gasteiger partial charge is 0.325 e. The van der Waals surface area contributed by atoms with Crippen molar-refractivity contribution in [3.8, 4) is 6.07 Å². The summed E-state index contributed by atoms with van der Waals surface area (Å²) in [6.45, 7) is 0. The molecule has 2 aromatic rings. The number of carbonyl (C=O) groups is 1. The molecule has 0 aliphatic carbocycles. The lowest BCUT2D eigenvalue weighted by Crippen LogP contribution is -2.17. The van der Waals surface area contributed by atoms with Gasteiger partial charge in [0.15, 0.2) is 9.84 Å². The first-order valence-electron chi connectivity index (χ1n) is 7.69. The molecule has 7 heteroatoms. The average molecular weight is 374 g/mol. The lowest BCUT2D eigenvalue weighted by molar-refractivity contribution is -0.115. The topological polar surface area (TPSA) is 87.0 Å². The maximum atomic E-state index is 12.2. The van der Waals surface area contributed by atoms with E-state index in [-0.39, 0.29) is 23.0 Å². The molecule has 0 aliphatic rings. The third-order valence-corrected chi connectivity index (χ3v) is 6.14. The molecule has 0 unspecified atom stereocenters. The van der Waals surface area contributed by atoms with E-state index in [2.05, 4.69) is 11.4 Å². The van der Waals surface area contributed by atoms with Gasteiger partial charge in [0.2, 0.25) is 5.91 Å². The molecular weight excluding hydrogens is 356 g/mol. The van der Waals surface area contributed by atoms with Gasteiger partial charge in [0.05, 0.1) is 22.4 Å².